The number of nitrogen functional groups attached to an aromatic ring is 1. The van der Waals surface area contributed by atoms with Crippen LogP contribution in [0.4, 0.5) is 5.95 Å². The first-order chi connectivity index (χ1) is 16.9. The number of fused-ring (bicyclic) bond motifs is 1. The molecule has 2 N–H and O–H groups in total. The van der Waals surface area contributed by atoms with E-state index < -0.39 is 5.97 Å². The second-order valence-corrected chi connectivity index (χ2v) is 8.40. The molecule has 0 amide bonds. The van der Waals surface area contributed by atoms with Crippen LogP contribution in [0.3, 0.4) is 0 Å². The van der Waals surface area contributed by atoms with E-state index in [1.54, 1.807) is 18.2 Å². The molecule has 0 saturated carbocycles. The van der Waals surface area contributed by atoms with E-state index in [0.717, 1.165) is 27.7 Å². The molecule has 5 rings (SSSR count). The minimum absolute atomic E-state index is 0. The molecule has 0 fully saturated rings. The number of rotatable bonds is 6. The van der Waals surface area contributed by atoms with Gasteiger partial charge < -0.3 is 20.2 Å². The predicted molar refractivity (Wildman–Crippen MR) is 132 cm³/mol. The third kappa shape index (κ3) is 4.96. The van der Waals surface area contributed by atoms with Gasteiger partial charge in [-0.1, -0.05) is 48.5 Å². The van der Waals surface area contributed by atoms with E-state index in [1.165, 1.54) is 16.8 Å². The van der Waals surface area contributed by atoms with Crippen molar-refractivity contribution in [1.82, 2.24) is 19.3 Å². The van der Waals surface area contributed by atoms with Crippen LogP contribution in [0.25, 0.3) is 22.3 Å². The Morgan fingerprint density at radius 2 is 1.67 bits per heavy atom. The maximum atomic E-state index is 12.6. The Kier molecular flexibility index (Phi) is 7.11. The summed E-state index contributed by atoms with van der Waals surface area (Å²) in [5.74, 6) is -0.821. The van der Waals surface area contributed by atoms with Gasteiger partial charge in [-0.2, -0.15) is 5.10 Å². The summed E-state index contributed by atoms with van der Waals surface area (Å²) in [5, 5.41) is 15.8. The van der Waals surface area contributed by atoms with E-state index in [2.05, 4.69) is 10.1 Å². The normalized spacial score (nSPS) is 10.8. The molecule has 36 heavy (non-hydrogen) atoms. The molecular formula is C27H22LiN5O3. The fourth-order valence-electron chi connectivity index (χ4n) is 4.21. The topological polar surface area (TPSA) is 119 Å². The van der Waals surface area contributed by atoms with Crippen LogP contribution in [-0.4, -0.2) is 25.3 Å². The molecule has 174 valence electrons. The summed E-state index contributed by atoms with van der Waals surface area (Å²) in [5.41, 5.74) is 11.7. The number of aryl methyl sites for hydroxylation is 1. The number of carboxylic acid groups (broad SMARTS) is 1. The predicted octanol–water partition coefficient (Wildman–Crippen LogP) is -0.385. The van der Waals surface area contributed by atoms with E-state index in [4.69, 9.17) is 5.73 Å². The second kappa shape index (κ2) is 10.2. The zero-order chi connectivity index (χ0) is 24.5. The number of aromatic nitrogens is 4. The van der Waals surface area contributed by atoms with Crippen molar-refractivity contribution in [3.63, 3.8) is 0 Å². The summed E-state index contributed by atoms with van der Waals surface area (Å²) in [6.07, 6.45) is 0. The Labute approximate surface area is 219 Å². The van der Waals surface area contributed by atoms with Gasteiger partial charge in [0.2, 0.25) is 5.95 Å². The largest absolute Gasteiger partial charge is 1.00 e. The number of benzene rings is 3. The van der Waals surface area contributed by atoms with Gasteiger partial charge in [0.15, 0.2) is 0 Å². The molecule has 0 aliphatic rings. The molecule has 0 bridgehead atoms. The molecule has 0 atom stereocenters. The average molecular weight is 471 g/mol. The molecule has 3 aromatic carbocycles. The quantitative estimate of drug-likeness (QED) is 0.337. The number of anilines is 1. The number of hydrogen-bond acceptors (Lipinski definition) is 6. The molecule has 0 aliphatic carbocycles. The number of para-hydroxylation sites is 2. The van der Waals surface area contributed by atoms with Crippen molar-refractivity contribution < 1.29 is 28.8 Å². The maximum Gasteiger partial charge on any atom is 1.00 e. The number of carboxylic acids is 1. The van der Waals surface area contributed by atoms with Gasteiger partial charge in [-0.25, -0.2) is 9.67 Å². The van der Waals surface area contributed by atoms with E-state index in [0.29, 0.717) is 23.8 Å². The van der Waals surface area contributed by atoms with Gasteiger partial charge in [0, 0.05) is 11.6 Å². The van der Waals surface area contributed by atoms with E-state index >= 15 is 0 Å². The standard InChI is InChI=1S/C27H23N5O3.Li/c1-17-12-24(33)32(16-19-7-5-9-21(14-19)26(34)35)30-25(17)20-8-4-6-18(13-20)15-31-23-11-3-2-10-22(23)29-27(31)28;/h2-14H,15-16H2,1H3,(H2,28,29)(H,34,35);/q;+1/p-1. The Balaban J connectivity index is 0.00000304. The Morgan fingerprint density at radius 3 is 2.44 bits per heavy atom. The number of imidazole rings is 1. The molecule has 0 unspecified atom stereocenters. The Bertz CT molecular complexity index is 1640. The molecule has 0 aliphatic heterocycles. The van der Waals surface area contributed by atoms with Crippen LogP contribution >= 0.6 is 0 Å². The maximum absolute atomic E-state index is 12.6. The van der Waals surface area contributed by atoms with E-state index in [-0.39, 0.29) is 36.5 Å². The van der Waals surface area contributed by atoms with Gasteiger partial charge in [0.25, 0.3) is 5.56 Å². The van der Waals surface area contributed by atoms with Crippen molar-refractivity contribution in [2.45, 2.75) is 20.0 Å². The number of nitrogens with zero attached hydrogens (tertiary/aromatic N) is 4. The molecule has 2 aromatic heterocycles. The summed E-state index contributed by atoms with van der Waals surface area (Å²) in [6, 6.07) is 23.6. The molecule has 9 heteroatoms. The third-order valence-corrected chi connectivity index (χ3v) is 5.91. The van der Waals surface area contributed by atoms with Gasteiger partial charge in [0.05, 0.1) is 35.8 Å². The van der Waals surface area contributed by atoms with Gasteiger partial charge >= 0.3 is 18.9 Å². The van der Waals surface area contributed by atoms with Crippen LogP contribution in [0.1, 0.15) is 27.0 Å². The Morgan fingerprint density at radius 1 is 0.944 bits per heavy atom. The fourth-order valence-corrected chi connectivity index (χ4v) is 4.21. The van der Waals surface area contributed by atoms with Crippen molar-refractivity contribution in [3.05, 3.63) is 111 Å². The van der Waals surface area contributed by atoms with Gasteiger partial charge in [0.1, 0.15) is 0 Å². The number of aromatic carboxylic acids is 1. The van der Waals surface area contributed by atoms with Crippen LogP contribution < -0.4 is 35.3 Å². The van der Waals surface area contributed by atoms with Crippen LogP contribution in [-0.2, 0) is 13.1 Å². The third-order valence-electron chi connectivity index (χ3n) is 5.91. The van der Waals surface area contributed by atoms with Crippen molar-refractivity contribution in [1.29, 1.82) is 0 Å². The minimum Gasteiger partial charge on any atom is -0.545 e. The van der Waals surface area contributed by atoms with E-state index in [9.17, 15) is 14.7 Å². The Hall–Kier alpha value is -4.12. The average Bonchev–Trinajstić information content (AvgIpc) is 3.16. The van der Waals surface area contributed by atoms with Crippen molar-refractivity contribution in [3.8, 4) is 11.3 Å². The zero-order valence-electron chi connectivity index (χ0n) is 20.0. The molecule has 0 spiro atoms. The fraction of sp³-hybridized carbons (Fsp3) is 0.111. The zero-order valence-corrected chi connectivity index (χ0v) is 20.0. The van der Waals surface area contributed by atoms with Crippen LogP contribution in [0.5, 0.6) is 0 Å². The number of hydrogen-bond donors (Lipinski definition) is 1. The monoisotopic (exact) mass is 471 g/mol. The molecule has 8 nitrogen and oxygen atoms in total. The summed E-state index contributed by atoms with van der Waals surface area (Å²) in [7, 11) is 0. The smallest absolute Gasteiger partial charge is 0.545 e. The molecule has 2 heterocycles. The molecule has 0 saturated heterocycles. The molecule has 5 aromatic rings. The van der Waals surface area contributed by atoms with Crippen molar-refractivity contribution >= 4 is 23.0 Å². The number of carbonyl (C=O) groups excluding carboxylic acids is 1. The minimum atomic E-state index is -1.26. The van der Waals surface area contributed by atoms with Crippen LogP contribution in [0.2, 0.25) is 0 Å². The first-order valence-corrected chi connectivity index (χ1v) is 11.1. The van der Waals surface area contributed by atoms with Crippen molar-refractivity contribution in [2.24, 2.45) is 0 Å². The SMILES string of the molecule is Cc1cc(=O)n(Cc2cccc(C(=O)[O-])c2)nc1-c1cccc(Cn2c(N)nc3ccccc32)c1.[Li+]. The first-order valence-electron chi connectivity index (χ1n) is 11.1. The summed E-state index contributed by atoms with van der Waals surface area (Å²) >= 11 is 0. The van der Waals surface area contributed by atoms with Gasteiger partial charge in [-0.05, 0) is 53.4 Å². The van der Waals surface area contributed by atoms with Gasteiger partial charge in [-0.15, -0.1) is 0 Å². The number of carbonyl (C=O) groups is 1. The summed E-state index contributed by atoms with van der Waals surface area (Å²) in [4.78, 5) is 28.3. The molecule has 0 radical (unpaired) electrons. The molecular weight excluding hydrogens is 449 g/mol. The summed E-state index contributed by atoms with van der Waals surface area (Å²) < 4.78 is 3.30. The van der Waals surface area contributed by atoms with E-state index in [1.807, 2.05) is 60.0 Å². The second-order valence-electron chi connectivity index (χ2n) is 8.40. The van der Waals surface area contributed by atoms with Gasteiger partial charge in [-0.3, -0.25) is 4.79 Å². The van der Waals surface area contributed by atoms with Crippen molar-refractivity contribution in [2.75, 3.05) is 5.73 Å². The van der Waals surface area contributed by atoms with Crippen LogP contribution in [0.15, 0.2) is 83.7 Å². The van der Waals surface area contributed by atoms with Crippen LogP contribution in [0, 0.1) is 6.92 Å². The number of nitrogens with two attached hydrogens (primary N) is 1. The summed E-state index contributed by atoms with van der Waals surface area (Å²) in [6.45, 7) is 2.53. The first kappa shape index (κ1) is 25.0.